The van der Waals surface area contributed by atoms with Crippen molar-refractivity contribution in [1.82, 2.24) is 19.7 Å². The number of anilines is 1. The summed E-state index contributed by atoms with van der Waals surface area (Å²) in [7, 11) is 3.36. The van der Waals surface area contributed by atoms with Crippen LogP contribution in [0.3, 0.4) is 0 Å². The lowest BCUT2D eigenvalue weighted by molar-refractivity contribution is -0.125. The Labute approximate surface area is 236 Å². The Morgan fingerprint density at radius 3 is 2.79 bits per heavy atom. The van der Waals surface area contributed by atoms with Crippen molar-refractivity contribution in [3.8, 4) is 11.5 Å². The lowest BCUT2D eigenvalue weighted by Crippen LogP contribution is -2.45. The van der Waals surface area contributed by atoms with Crippen LogP contribution in [-0.4, -0.2) is 91.8 Å². The molecule has 1 aromatic carbocycles. The van der Waals surface area contributed by atoms with Crippen molar-refractivity contribution in [2.45, 2.75) is 26.4 Å². The first kappa shape index (κ1) is 30.2. The van der Waals surface area contributed by atoms with Crippen LogP contribution in [0.1, 0.15) is 30.0 Å². The normalized spacial score (nSPS) is 15.4. The molecule has 0 radical (unpaired) electrons. The highest BCUT2D eigenvalue weighted by Crippen LogP contribution is 2.32. The number of fused-ring (bicyclic) bond motifs is 1. The summed E-state index contributed by atoms with van der Waals surface area (Å²) in [6, 6.07) is 7.51. The minimum atomic E-state index is -0.146. The van der Waals surface area contributed by atoms with Gasteiger partial charge in [-0.2, -0.15) is 0 Å². The van der Waals surface area contributed by atoms with Crippen LogP contribution in [0.15, 0.2) is 36.5 Å². The Balaban J connectivity index is 0.00000420. The van der Waals surface area contributed by atoms with Crippen LogP contribution in [-0.2, 0) is 22.6 Å². The van der Waals surface area contributed by atoms with E-state index in [1.807, 2.05) is 31.2 Å². The van der Waals surface area contributed by atoms with Gasteiger partial charge in [-0.1, -0.05) is 19.1 Å². The summed E-state index contributed by atoms with van der Waals surface area (Å²) >= 11 is 0. The first-order valence-electron chi connectivity index (χ1n) is 13.0. The molecule has 0 atom stereocenters. The molecule has 0 aliphatic carbocycles. The number of hydrogen-bond donors (Lipinski definition) is 1. The van der Waals surface area contributed by atoms with Gasteiger partial charge in [0.15, 0.2) is 11.5 Å². The van der Waals surface area contributed by atoms with E-state index in [9.17, 15) is 9.59 Å². The van der Waals surface area contributed by atoms with Crippen LogP contribution < -0.4 is 14.8 Å². The summed E-state index contributed by atoms with van der Waals surface area (Å²) in [5.41, 5.74) is 2.59. The number of hydrogen-bond acceptors (Lipinski definition) is 7. The van der Waals surface area contributed by atoms with Gasteiger partial charge in [-0.15, -0.1) is 12.4 Å². The number of aromatic nitrogens is 1. The molecule has 39 heavy (non-hydrogen) atoms. The maximum atomic E-state index is 12.9. The van der Waals surface area contributed by atoms with Gasteiger partial charge in [-0.05, 0) is 30.2 Å². The Kier molecular flexibility index (Phi) is 11.4. The molecular formula is C28H38ClN5O5. The topological polar surface area (TPSA) is 96.5 Å². The molecule has 2 aliphatic heterocycles. The van der Waals surface area contributed by atoms with Crippen LogP contribution in [0, 0.1) is 0 Å². The van der Waals surface area contributed by atoms with Gasteiger partial charge in [0, 0.05) is 63.2 Å². The summed E-state index contributed by atoms with van der Waals surface area (Å²) in [6.45, 7) is 8.14. The first-order valence-corrected chi connectivity index (χ1v) is 13.0. The smallest absolute Gasteiger partial charge is 0.323 e. The lowest BCUT2D eigenvalue weighted by Gasteiger charge is -2.32. The standard InChI is InChI=1S/C28H37N5O5.ClH/c1-4-14-38-26-22(6-5-7-24(26)36-3)19-31(2)25(34)9-8-21-17-23-20-33(28(35)30-27(23)29-18-21)11-10-32-12-15-37-16-13-32;/h5-9,17-18H,4,10-16,19-20H2,1-3H3,(H,29,30,35);1H/b9-8+;. The molecule has 1 fully saturated rings. The van der Waals surface area contributed by atoms with E-state index in [0.717, 1.165) is 56.0 Å². The summed E-state index contributed by atoms with van der Waals surface area (Å²) in [5.74, 6) is 1.74. The van der Waals surface area contributed by atoms with Gasteiger partial charge in [0.05, 0.1) is 33.5 Å². The molecule has 1 N–H and O–H groups in total. The van der Waals surface area contributed by atoms with E-state index in [-0.39, 0.29) is 24.3 Å². The summed E-state index contributed by atoms with van der Waals surface area (Å²) < 4.78 is 16.8. The van der Waals surface area contributed by atoms with Crippen molar-refractivity contribution >= 4 is 36.2 Å². The van der Waals surface area contributed by atoms with Crippen molar-refractivity contribution in [2.24, 2.45) is 0 Å². The van der Waals surface area contributed by atoms with E-state index in [2.05, 4.69) is 15.2 Å². The lowest BCUT2D eigenvalue weighted by atomic mass is 10.1. The molecule has 212 valence electrons. The zero-order valence-electron chi connectivity index (χ0n) is 22.9. The van der Waals surface area contributed by atoms with Crippen molar-refractivity contribution < 1.29 is 23.8 Å². The van der Waals surface area contributed by atoms with Crippen LogP contribution in [0.2, 0.25) is 0 Å². The molecule has 1 saturated heterocycles. The fourth-order valence-electron chi connectivity index (χ4n) is 4.42. The highest BCUT2D eigenvalue weighted by atomic mass is 35.5. The zero-order valence-corrected chi connectivity index (χ0v) is 23.7. The van der Waals surface area contributed by atoms with Crippen LogP contribution in [0.4, 0.5) is 10.6 Å². The van der Waals surface area contributed by atoms with Gasteiger partial charge < -0.3 is 24.0 Å². The van der Waals surface area contributed by atoms with E-state index >= 15 is 0 Å². The Morgan fingerprint density at radius 2 is 2.05 bits per heavy atom. The number of ether oxygens (including phenoxy) is 3. The molecule has 1 aromatic heterocycles. The third-order valence-electron chi connectivity index (χ3n) is 6.58. The molecule has 0 saturated carbocycles. The van der Waals surface area contributed by atoms with Gasteiger partial charge in [0.1, 0.15) is 5.82 Å². The predicted octanol–water partition coefficient (Wildman–Crippen LogP) is 3.65. The highest BCUT2D eigenvalue weighted by molar-refractivity contribution is 5.93. The van der Waals surface area contributed by atoms with Gasteiger partial charge >= 0.3 is 6.03 Å². The van der Waals surface area contributed by atoms with Crippen molar-refractivity contribution in [2.75, 3.05) is 65.5 Å². The number of rotatable bonds is 11. The van der Waals surface area contributed by atoms with Gasteiger partial charge in [0.25, 0.3) is 0 Å². The predicted molar refractivity (Wildman–Crippen MR) is 152 cm³/mol. The summed E-state index contributed by atoms with van der Waals surface area (Å²) in [6.07, 6.45) is 5.82. The molecule has 3 heterocycles. The number of likely N-dealkylation sites (N-methyl/N-ethyl adjacent to an activating group) is 1. The SMILES string of the molecule is CCCOc1c(CN(C)C(=O)/C=C/c2cnc3c(c2)CN(CCN2CCOCC2)C(=O)N3)cccc1OC.Cl. The van der Waals surface area contributed by atoms with Crippen molar-refractivity contribution in [3.63, 3.8) is 0 Å². The fourth-order valence-corrected chi connectivity index (χ4v) is 4.42. The number of carbonyl (C=O) groups is 2. The van der Waals surface area contributed by atoms with Gasteiger partial charge in [0.2, 0.25) is 5.91 Å². The number of pyridine rings is 1. The maximum Gasteiger partial charge on any atom is 0.323 e. The molecular weight excluding hydrogens is 522 g/mol. The number of halogens is 1. The summed E-state index contributed by atoms with van der Waals surface area (Å²) in [5, 5.41) is 2.88. The van der Waals surface area contributed by atoms with E-state index in [1.54, 1.807) is 36.2 Å². The van der Waals surface area contributed by atoms with Crippen LogP contribution in [0.5, 0.6) is 11.5 Å². The molecule has 0 bridgehead atoms. The number of amides is 3. The summed E-state index contributed by atoms with van der Waals surface area (Å²) in [4.78, 5) is 35.5. The molecule has 2 aliphatic rings. The fraction of sp³-hybridized carbons (Fsp3) is 0.464. The molecule has 0 spiro atoms. The number of nitrogens with zero attached hydrogens (tertiary/aromatic N) is 4. The van der Waals surface area contributed by atoms with Crippen LogP contribution >= 0.6 is 12.4 Å². The van der Waals surface area contributed by atoms with E-state index < -0.39 is 0 Å². The number of urea groups is 1. The number of morpholine rings is 1. The monoisotopic (exact) mass is 559 g/mol. The first-order chi connectivity index (χ1) is 18.5. The number of methoxy groups -OCH3 is 1. The molecule has 10 nitrogen and oxygen atoms in total. The van der Waals surface area contributed by atoms with Gasteiger partial charge in [-0.3, -0.25) is 15.0 Å². The second-order valence-corrected chi connectivity index (χ2v) is 9.41. The largest absolute Gasteiger partial charge is 0.493 e. The maximum absolute atomic E-state index is 12.9. The van der Waals surface area contributed by atoms with Crippen molar-refractivity contribution in [3.05, 3.63) is 53.2 Å². The molecule has 3 amide bonds. The molecule has 11 heteroatoms. The van der Waals surface area contributed by atoms with Gasteiger partial charge in [-0.25, -0.2) is 9.78 Å². The highest BCUT2D eigenvalue weighted by Gasteiger charge is 2.24. The minimum absolute atomic E-state index is 0. The van der Waals surface area contributed by atoms with E-state index in [4.69, 9.17) is 14.2 Å². The van der Waals surface area contributed by atoms with Crippen LogP contribution in [0.25, 0.3) is 6.08 Å². The third-order valence-corrected chi connectivity index (χ3v) is 6.58. The Hall–Kier alpha value is -3.34. The molecule has 2 aromatic rings. The molecule has 4 rings (SSSR count). The number of benzene rings is 1. The molecule has 0 unspecified atom stereocenters. The third kappa shape index (κ3) is 8.08. The number of nitrogens with one attached hydrogen (secondary N) is 1. The Bertz CT molecular complexity index is 1160. The second kappa shape index (κ2) is 14.7. The number of para-hydroxylation sites is 1. The van der Waals surface area contributed by atoms with E-state index in [1.165, 1.54) is 6.08 Å². The Morgan fingerprint density at radius 1 is 1.26 bits per heavy atom. The second-order valence-electron chi connectivity index (χ2n) is 9.41. The van der Waals surface area contributed by atoms with Crippen molar-refractivity contribution in [1.29, 1.82) is 0 Å². The zero-order chi connectivity index (χ0) is 26.9. The average Bonchev–Trinajstić information content (AvgIpc) is 2.94. The van der Waals surface area contributed by atoms with E-state index in [0.29, 0.717) is 43.6 Å². The average molecular weight is 560 g/mol. The minimum Gasteiger partial charge on any atom is -0.493 e. The quantitative estimate of drug-likeness (QED) is 0.420. The number of carbonyl (C=O) groups excluding carboxylic acids is 2.